The highest BCUT2D eigenvalue weighted by Gasteiger charge is 2.63. The number of aliphatic hydroxyl groups excluding tert-OH is 6. The van der Waals surface area contributed by atoms with E-state index in [0.717, 1.165) is 32.5 Å². The molecule has 0 saturated carbocycles. The molecule has 44 heteroatoms. The van der Waals surface area contributed by atoms with Gasteiger partial charge in [-0.1, -0.05) is 279 Å². The third kappa shape index (κ3) is 29.5. The number of azide groups is 3. The number of rotatable bonds is 48. The van der Waals surface area contributed by atoms with Crippen LogP contribution in [0, 0.1) is 0 Å². The molecule has 30 atom stereocenters. The smallest absolute Gasteiger partial charge is 0.410 e. The second kappa shape index (κ2) is 55.6. The Morgan fingerprint density at radius 1 is 0.342 bits per heavy atom. The molecule has 0 aliphatic carbocycles. The van der Waals surface area contributed by atoms with Crippen LogP contribution in [0.2, 0.25) is 18.1 Å². The monoisotopic (exact) mass is 2080 g/mol. The fraction of sp³-hybridized carbons (Fsp3) is 0.505. The predicted molar refractivity (Wildman–Crippen MR) is 527 cm³/mol. The Morgan fingerprint density at radius 2 is 0.604 bits per heavy atom. The van der Waals surface area contributed by atoms with Gasteiger partial charge in [0.2, 0.25) is 0 Å². The zero-order valence-corrected chi connectivity index (χ0v) is 84.5. The van der Waals surface area contributed by atoms with Crippen LogP contribution in [0.5, 0.6) is 0 Å². The summed E-state index contributed by atoms with van der Waals surface area (Å²) in [6.45, 7) is 5.66. The zero-order valence-electron chi connectivity index (χ0n) is 83.5. The molecule has 6 fully saturated rings. The Kier molecular flexibility index (Phi) is 42.2. The van der Waals surface area contributed by atoms with Gasteiger partial charge in [0.1, 0.15) is 128 Å². The SMILES string of the molecule is COC(=O)[C@@H]1O[C@@H](OCCCN(Cc2ccccc2)C(=O)OCc2ccccc2)[C@H](O)[C@@H](OCc2ccccc2)[C@@H]1O[C@H]1O[C@H](CO)[C@@H](O[C@@H]2O[C@@H](C(=O)OC)[C@@H](O[C@H]3O[C@H](CO)[C@@H](O[C@@H]4O[C@@H](C(=O)OC)[C@@H](O[C@H]5O[C@H](CO)[C@@H](O[Si](C)(C)C(C)(C)C)[C@H](OCc6ccccc6)[C@H]5N=[N+]=[N-])[C@H](OCc5ccccc5)[C@H]4O)[C@H](OCc4ccccc4)[C@H]3N=[N+]=[N-])[C@H](OCc3ccccc3)[C@H]2O)[C@H](OCc2ccccc2)[C@H]1N=[N+]=[N-]. The quantitative estimate of drug-likeness (QED) is 0.00392. The predicted octanol–water partition coefficient (Wildman–Crippen LogP) is 11.0. The van der Waals surface area contributed by atoms with Gasteiger partial charge in [-0.05, 0) is 85.7 Å². The molecule has 6 saturated heterocycles. The van der Waals surface area contributed by atoms with Crippen LogP contribution < -0.4 is 0 Å². The Balaban J connectivity index is 0.768. The molecule has 6 aliphatic heterocycles. The molecule has 6 N–H and O–H groups in total. The standard InChI is InChI=1S/C105H128N10O33Si/c1-105(2,3)149(7,8)148-82-73(55-118)139-100(76(111-114-108)85(82)132-58-66-40-23-12-24-41-66)144-91-88(135-61-69-46-29-15-30-47-69)79(121)103(147-94(91)97(124)128-6)141-81-72(54-117)138-99(75(110-113-107)84(81)131-57-65-38-21-11-22-39-65)143-90-87(134-60-68-44-27-14-28-45-68)78(120)102(146-93(90)96(123)127-5)140-80-71(53-116)137-98(74(109-112-106)83(80)130-56-64-36-19-10-20-37-64)142-89-86(133-59-67-42-25-13-26-43-67)77(119)101(145-92(89)95(122)126-4)129-51-33-50-115(52-63-34-17-9-18-35-63)104(125)136-62-70-48-31-16-32-49-70/h9-32,34-49,71-94,98-103,116-121H,33,50-62H2,1-8H3/t71-,72-,73-,74-,75-,76-,77-,78-,79-,80-,81-,82-,83-,84-,85-,86-,87-,88-,89+,90+,91+,92-,93-,94-,98-,99-,100-,101-,102-,103-/m1/s1. The van der Waals surface area contributed by atoms with Crippen LogP contribution in [-0.2, 0) is 176 Å². The summed E-state index contributed by atoms with van der Waals surface area (Å²) >= 11 is 0. The molecule has 6 aliphatic rings. The van der Waals surface area contributed by atoms with Crippen molar-refractivity contribution in [2.45, 2.75) is 282 Å². The molecule has 8 aromatic rings. The highest BCUT2D eigenvalue weighted by atomic mass is 28.4. The molecular weight excluding hydrogens is 1960 g/mol. The number of nitrogens with zero attached hydrogens (tertiary/aromatic N) is 10. The third-order valence-electron chi connectivity index (χ3n) is 26.7. The van der Waals surface area contributed by atoms with Gasteiger partial charge in [0.25, 0.3) is 0 Å². The second-order valence-corrected chi connectivity index (χ2v) is 42.4. The molecule has 8 aromatic carbocycles. The lowest BCUT2D eigenvalue weighted by Crippen LogP contribution is -2.69. The number of hydrogen-bond donors (Lipinski definition) is 6. The number of hydrogen-bond acceptors (Lipinski definition) is 36. The van der Waals surface area contributed by atoms with Crippen molar-refractivity contribution in [1.29, 1.82) is 0 Å². The molecule has 0 radical (unpaired) electrons. The average Bonchev–Trinajstić information content (AvgIpc) is 0.681. The Bertz CT molecular complexity index is 5600. The van der Waals surface area contributed by atoms with E-state index in [-0.39, 0.29) is 72.4 Å². The molecule has 0 unspecified atom stereocenters. The molecule has 149 heavy (non-hydrogen) atoms. The lowest BCUT2D eigenvalue weighted by atomic mass is 9.93. The van der Waals surface area contributed by atoms with Crippen molar-refractivity contribution in [3.63, 3.8) is 0 Å². The van der Waals surface area contributed by atoms with Crippen LogP contribution in [0.3, 0.4) is 0 Å². The minimum atomic E-state index is -2.83. The summed E-state index contributed by atoms with van der Waals surface area (Å²) in [5, 5.41) is 86.7. The highest BCUT2D eigenvalue weighted by Crippen LogP contribution is 2.45. The molecule has 6 heterocycles. The average molecular weight is 2090 g/mol. The van der Waals surface area contributed by atoms with Crippen molar-refractivity contribution < 1.29 is 158 Å². The van der Waals surface area contributed by atoms with Crippen molar-refractivity contribution in [3.05, 3.63) is 318 Å². The normalized spacial score (nSPS) is 30.1. The van der Waals surface area contributed by atoms with Crippen molar-refractivity contribution in [2.24, 2.45) is 15.3 Å². The lowest BCUT2D eigenvalue weighted by Gasteiger charge is -2.51. The van der Waals surface area contributed by atoms with E-state index < -0.39 is 241 Å². The summed E-state index contributed by atoms with van der Waals surface area (Å²) in [4.78, 5) is 69.5. The van der Waals surface area contributed by atoms with E-state index in [1.54, 1.807) is 152 Å². The first-order valence-corrected chi connectivity index (χ1v) is 51.9. The largest absolute Gasteiger partial charge is 0.467 e. The molecule has 43 nitrogen and oxygen atoms in total. The number of carbonyl (C=O) groups is 4. The topological polar surface area (TPSA) is 551 Å². The number of amides is 1. The van der Waals surface area contributed by atoms with E-state index in [1.165, 1.54) is 4.90 Å². The van der Waals surface area contributed by atoms with Crippen LogP contribution in [0.1, 0.15) is 71.7 Å². The van der Waals surface area contributed by atoms with Crippen LogP contribution in [0.15, 0.2) is 258 Å². The van der Waals surface area contributed by atoms with E-state index in [2.05, 4.69) is 30.1 Å². The van der Waals surface area contributed by atoms with E-state index in [0.29, 0.717) is 33.4 Å². The van der Waals surface area contributed by atoms with E-state index >= 15 is 4.79 Å². The fourth-order valence-corrected chi connectivity index (χ4v) is 19.3. The molecule has 1 amide bonds. The molecular formula is C105H128N10O33Si. The number of ether oxygens (including phenoxy) is 22. The highest BCUT2D eigenvalue weighted by molar-refractivity contribution is 6.74. The van der Waals surface area contributed by atoms with Crippen LogP contribution in [-0.4, -0.2) is 306 Å². The Hall–Kier alpha value is -11.4. The van der Waals surface area contributed by atoms with Gasteiger partial charge in [-0.2, -0.15) is 0 Å². The maximum absolute atomic E-state index is 15.1. The minimum absolute atomic E-state index is 0.00530. The van der Waals surface area contributed by atoms with E-state index in [1.807, 2.05) is 125 Å². The number of esters is 3. The number of benzene rings is 8. The molecule has 14 rings (SSSR count). The Morgan fingerprint density at radius 3 is 0.893 bits per heavy atom. The van der Waals surface area contributed by atoms with Crippen molar-refractivity contribution in [3.8, 4) is 0 Å². The summed E-state index contributed by atoms with van der Waals surface area (Å²) < 4.78 is 150. The Labute approximate surface area is 861 Å². The summed E-state index contributed by atoms with van der Waals surface area (Å²) in [6, 6.07) is 65.5. The van der Waals surface area contributed by atoms with Crippen molar-refractivity contribution in [2.75, 3.05) is 54.3 Å². The van der Waals surface area contributed by atoms with Gasteiger partial charge < -0.3 is 144 Å². The van der Waals surface area contributed by atoms with Gasteiger partial charge in [-0.25, -0.2) is 19.2 Å². The van der Waals surface area contributed by atoms with Crippen molar-refractivity contribution >= 4 is 32.3 Å². The second-order valence-electron chi connectivity index (χ2n) is 37.7. The molecule has 0 aromatic heterocycles. The molecule has 0 bridgehead atoms. The van der Waals surface area contributed by atoms with E-state index in [9.17, 15) is 61.6 Å². The maximum Gasteiger partial charge on any atom is 0.410 e. The van der Waals surface area contributed by atoms with Crippen LogP contribution >= 0.6 is 0 Å². The lowest BCUT2D eigenvalue weighted by molar-refractivity contribution is -0.384. The number of aliphatic hydroxyl groups is 6. The van der Waals surface area contributed by atoms with Gasteiger partial charge in [0, 0.05) is 27.8 Å². The molecule has 0 spiro atoms. The van der Waals surface area contributed by atoms with Gasteiger partial charge >= 0.3 is 24.0 Å². The van der Waals surface area contributed by atoms with Gasteiger partial charge in [-0.3, -0.25) is 0 Å². The summed E-state index contributed by atoms with van der Waals surface area (Å²) in [5.41, 5.74) is 37.2. The number of carbonyl (C=O) groups excluding carboxylic acids is 4. The summed E-state index contributed by atoms with van der Waals surface area (Å²) in [6.07, 6.45) is -49.4. The zero-order chi connectivity index (χ0) is 106. The van der Waals surface area contributed by atoms with E-state index in [4.69, 9.17) is 109 Å². The van der Waals surface area contributed by atoms with Crippen molar-refractivity contribution in [1.82, 2.24) is 4.90 Å². The summed E-state index contributed by atoms with van der Waals surface area (Å²) in [7, 11) is 0.299. The third-order valence-corrected chi connectivity index (χ3v) is 31.2. The number of methoxy groups -OCH3 is 3. The van der Waals surface area contributed by atoms with Gasteiger partial charge in [-0.15, -0.1) is 0 Å². The fourth-order valence-electron chi connectivity index (χ4n) is 18.0. The van der Waals surface area contributed by atoms with Crippen LogP contribution in [0.4, 0.5) is 4.79 Å². The first-order valence-electron chi connectivity index (χ1n) is 49.0. The maximum atomic E-state index is 15.1. The van der Waals surface area contributed by atoms with Crippen LogP contribution in [0.25, 0.3) is 31.3 Å². The first-order chi connectivity index (χ1) is 72.3. The summed E-state index contributed by atoms with van der Waals surface area (Å²) in [5.74, 6) is -3.45. The van der Waals surface area contributed by atoms with Gasteiger partial charge in [0.15, 0.2) is 64.4 Å². The van der Waals surface area contributed by atoms with Gasteiger partial charge in [0.05, 0.1) is 93.5 Å². The molecule has 800 valence electrons. The minimum Gasteiger partial charge on any atom is -0.467 e. The first kappa shape index (κ1) is 113.